The summed E-state index contributed by atoms with van der Waals surface area (Å²) in [5, 5.41) is 11.2. The fourth-order valence-corrected chi connectivity index (χ4v) is 7.05. The second kappa shape index (κ2) is 8.53. The number of carbonyl (C=O) groups is 1. The largest absolute Gasteiger partial charge is 0.370 e. The molecule has 0 radical (unpaired) electrons. The molecule has 33 heavy (non-hydrogen) atoms. The Balaban J connectivity index is 0.990. The molecule has 3 aliphatic rings. The van der Waals surface area contributed by atoms with Crippen molar-refractivity contribution in [3.63, 3.8) is 0 Å². The normalized spacial score (nSPS) is 24.5. The fraction of sp³-hybridized carbons (Fsp3) is 0.538. The number of rotatable bonds is 5. The topological polar surface area (TPSA) is 70.2 Å². The molecule has 6 nitrogen and oxygen atoms in total. The maximum atomic E-state index is 12.6. The molecule has 2 aliphatic heterocycles. The van der Waals surface area contributed by atoms with Gasteiger partial charge in [-0.05, 0) is 61.8 Å². The molecule has 7 heteroatoms. The van der Waals surface area contributed by atoms with E-state index in [1.165, 1.54) is 10.4 Å². The Hall–Kier alpha value is -2.22. The van der Waals surface area contributed by atoms with Gasteiger partial charge in [0.15, 0.2) is 0 Å². The van der Waals surface area contributed by atoms with Gasteiger partial charge in [-0.1, -0.05) is 13.0 Å². The summed E-state index contributed by atoms with van der Waals surface area (Å²) in [6.07, 6.45) is 8.33. The summed E-state index contributed by atoms with van der Waals surface area (Å²) in [6, 6.07) is 8.42. The predicted molar refractivity (Wildman–Crippen MR) is 131 cm³/mol. The van der Waals surface area contributed by atoms with Crippen molar-refractivity contribution in [3.05, 3.63) is 51.3 Å². The van der Waals surface area contributed by atoms with Gasteiger partial charge in [-0.25, -0.2) is 0 Å². The highest BCUT2D eigenvalue weighted by Crippen LogP contribution is 2.45. The number of thiophene rings is 1. The molecule has 2 N–H and O–H groups in total. The van der Waals surface area contributed by atoms with Crippen LogP contribution >= 0.6 is 11.3 Å². The highest BCUT2D eigenvalue weighted by atomic mass is 32.1. The van der Waals surface area contributed by atoms with Crippen LogP contribution in [0.5, 0.6) is 0 Å². The number of fused-ring (bicyclic) bond motifs is 3. The van der Waals surface area contributed by atoms with Crippen LogP contribution in [0.1, 0.15) is 58.3 Å². The Morgan fingerprint density at radius 3 is 2.97 bits per heavy atom. The van der Waals surface area contributed by atoms with Crippen LogP contribution in [0.15, 0.2) is 30.5 Å². The Bertz CT molecular complexity index is 1150. The smallest absolute Gasteiger partial charge is 0.251 e. The number of H-pyrrole nitrogens is 1. The minimum Gasteiger partial charge on any atom is -0.370 e. The number of hydrogen-bond donors (Lipinski definition) is 2. The van der Waals surface area contributed by atoms with E-state index in [1.54, 1.807) is 11.1 Å². The summed E-state index contributed by atoms with van der Waals surface area (Å²) in [5.74, 6) is 0.692. The average Bonchev–Trinajstić information content (AvgIpc) is 3.46. The SMILES string of the molecule is CCc1cc2c(s1)CCOC21CCN(CC2CC(NC(=O)c3ccc4cn[nH]c4c3)C2)CC1. The molecule has 2 fully saturated rings. The summed E-state index contributed by atoms with van der Waals surface area (Å²) in [5.41, 5.74) is 3.05. The first-order valence-corrected chi connectivity index (χ1v) is 13.2. The van der Waals surface area contributed by atoms with Gasteiger partial charge in [0.05, 0.1) is 23.9 Å². The van der Waals surface area contributed by atoms with Crippen LogP contribution < -0.4 is 5.32 Å². The number of nitrogens with one attached hydrogen (secondary N) is 2. The van der Waals surface area contributed by atoms with E-state index >= 15 is 0 Å². The third kappa shape index (κ3) is 4.00. The Kier molecular flexibility index (Phi) is 5.51. The Morgan fingerprint density at radius 1 is 1.30 bits per heavy atom. The maximum Gasteiger partial charge on any atom is 0.251 e. The zero-order valence-electron chi connectivity index (χ0n) is 19.2. The lowest BCUT2D eigenvalue weighted by molar-refractivity contribution is -0.0995. The molecule has 0 bridgehead atoms. The number of aromatic amines is 1. The molecule has 1 aliphatic carbocycles. The molecule has 174 valence electrons. The molecular weight excluding hydrogens is 432 g/mol. The summed E-state index contributed by atoms with van der Waals surface area (Å²) >= 11 is 2.00. The number of hydrogen-bond acceptors (Lipinski definition) is 5. The number of aryl methyl sites for hydroxylation is 1. The van der Waals surface area contributed by atoms with E-state index in [2.05, 4.69) is 33.4 Å². The number of carbonyl (C=O) groups excluding carboxylic acids is 1. The summed E-state index contributed by atoms with van der Waals surface area (Å²) in [4.78, 5) is 18.3. The molecule has 4 heterocycles. The molecule has 3 aromatic rings. The Labute approximate surface area is 198 Å². The van der Waals surface area contributed by atoms with Crippen LogP contribution in [0.3, 0.4) is 0 Å². The van der Waals surface area contributed by atoms with Crippen LogP contribution in [0.2, 0.25) is 0 Å². The molecule has 2 aromatic heterocycles. The van der Waals surface area contributed by atoms with Gasteiger partial charge in [-0.15, -0.1) is 11.3 Å². The van der Waals surface area contributed by atoms with Crippen LogP contribution in [0.4, 0.5) is 0 Å². The molecule has 1 saturated carbocycles. The van der Waals surface area contributed by atoms with Crippen LogP contribution in [-0.2, 0) is 23.2 Å². The second-order valence-corrected chi connectivity index (χ2v) is 11.2. The molecule has 6 rings (SSSR count). The lowest BCUT2D eigenvalue weighted by Crippen LogP contribution is -2.51. The van der Waals surface area contributed by atoms with Crippen molar-refractivity contribution in [2.75, 3.05) is 26.2 Å². The zero-order chi connectivity index (χ0) is 22.4. The van der Waals surface area contributed by atoms with Crippen molar-refractivity contribution in [1.82, 2.24) is 20.4 Å². The van der Waals surface area contributed by atoms with E-state index in [9.17, 15) is 4.79 Å². The molecule has 1 amide bonds. The monoisotopic (exact) mass is 464 g/mol. The second-order valence-electron chi connectivity index (χ2n) is 9.98. The fourth-order valence-electron chi connectivity index (χ4n) is 5.87. The van der Waals surface area contributed by atoms with Gasteiger partial charge >= 0.3 is 0 Å². The highest BCUT2D eigenvalue weighted by molar-refractivity contribution is 7.12. The zero-order valence-corrected chi connectivity index (χ0v) is 20.0. The summed E-state index contributed by atoms with van der Waals surface area (Å²) < 4.78 is 6.44. The van der Waals surface area contributed by atoms with Gasteiger partial charge in [0.2, 0.25) is 0 Å². The Morgan fingerprint density at radius 2 is 2.15 bits per heavy atom. The van der Waals surface area contributed by atoms with Gasteiger partial charge in [-0.3, -0.25) is 9.89 Å². The number of nitrogens with zero attached hydrogens (tertiary/aromatic N) is 2. The lowest BCUT2D eigenvalue weighted by atomic mass is 9.78. The first-order chi connectivity index (χ1) is 16.1. The average molecular weight is 465 g/mol. The molecule has 0 unspecified atom stereocenters. The molecule has 0 atom stereocenters. The van der Waals surface area contributed by atoms with E-state index in [4.69, 9.17) is 4.74 Å². The summed E-state index contributed by atoms with van der Waals surface area (Å²) in [6.45, 7) is 6.47. The van der Waals surface area contributed by atoms with Crippen molar-refractivity contribution in [3.8, 4) is 0 Å². The molecule has 1 spiro atoms. The number of piperidine rings is 1. The van der Waals surface area contributed by atoms with Crippen molar-refractivity contribution in [2.45, 2.75) is 57.1 Å². The van der Waals surface area contributed by atoms with Crippen molar-refractivity contribution < 1.29 is 9.53 Å². The van der Waals surface area contributed by atoms with Crippen LogP contribution in [0, 0.1) is 5.92 Å². The highest BCUT2D eigenvalue weighted by Gasteiger charge is 2.42. The van der Waals surface area contributed by atoms with Gasteiger partial charge in [-0.2, -0.15) is 5.10 Å². The number of amides is 1. The van der Waals surface area contributed by atoms with Crippen LogP contribution in [0.25, 0.3) is 10.9 Å². The van der Waals surface area contributed by atoms with Crippen LogP contribution in [-0.4, -0.2) is 53.3 Å². The molecule has 1 saturated heterocycles. The first-order valence-electron chi connectivity index (χ1n) is 12.3. The van der Waals surface area contributed by atoms with E-state index in [-0.39, 0.29) is 11.5 Å². The number of aromatic nitrogens is 2. The maximum absolute atomic E-state index is 12.6. The van der Waals surface area contributed by atoms with E-state index in [1.807, 2.05) is 29.5 Å². The predicted octanol–water partition coefficient (Wildman–Crippen LogP) is 4.26. The van der Waals surface area contributed by atoms with Gasteiger partial charge in [0, 0.05) is 52.8 Å². The number of likely N-dealkylation sites (tertiary alicyclic amines) is 1. The lowest BCUT2D eigenvalue weighted by Gasteiger charge is -2.46. The van der Waals surface area contributed by atoms with Gasteiger partial charge < -0.3 is 15.0 Å². The van der Waals surface area contributed by atoms with E-state index in [0.717, 1.165) is 75.7 Å². The third-order valence-corrected chi connectivity index (χ3v) is 9.20. The van der Waals surface area contributed by atoms with E-state index < -0.39 is 0 Å². The van der Waals surface area contributed by atoms with Gasteiger partial charge in [0.25, 0.3) is 5.91 Å². The minimum atomic E-state index is -0.0418. The van der Waals surface area contributed by atoms with Gasteiger partial charge in [0.1, 0.15) is 0 Å². The first kappa shape index (κ1) is 21.3. The molecular formula is C26H32N4O2S. The summed E-state index contributed by atoms with van der Waals surface area (Å²) in [7, 11) is 0. The quantitative estimate of drug-likeness (QED) is 0.592. The van der Waals surface area contributed by atoms with Crippen molar-refractivity contribution in [1.29, 1.82) is 0 Å². The number of ether oxygens (including phenoxy) is 1. The van der Waals surface area contributed by atoms with E-state index in [0.29, 0.717) is 17.5 Å². The molecule has 1 aromatic carbocycles. The number of benzene rings is 1. The van der Waals surface area contributed by atoms with Crippen molar-refractivity contribution >= 4 is 28.1 Å². The van der Waals surface area contributed by atoms with Crippen molar-refractivity contribution in [2.24, 2.45) is 5.92 Å². The minimum absolute atomic E-state index is 0.0160. The third-order valence-electron chi connectivity index (χ3n) is 7.86. The standard InChI is InChI=1S/C26H32N4O2S/c1-2-21-14-22-24(33-21)5-10-32-26(22)6-8-30(9-7-26)16-17-11-20(12-17)28-25(31)18-3-4-19-15-27-29-23(19)13-18/h3-4,13-15,17,20H,2,5-12,16H2,1H3,(H,27,29)(H,28,31).